The fourth-order valence-corrected chi connectivity index (χ4v) is 0.307. The molecule has 1 heteroatoms. The van der Waals surface area contributed by atoms with Crippen molar-refractivity contribution in [2.45, 2.75) is 0 Å². The maximum Gasteiger partial charge on any atom is 0.106 e. The van der Waals surface area contributed by atoms with Crippen LogP contribution in [-0.4, -0.2) is 6.61 Å². The Morgan fingerprint density at radius 1 is 1.83 bits per heavy atom. The summed E-state index contributed by atoms with van der Waals surface area (Å²) in [5.41, 5.74) is 0. The number of ether oxygens (including phenoxy) is 1. The van der Waals surface area contributed by atoms with Crippen molar-refractivity contribution < 1.29 is 6.11 Å². The van der Waals surface area contributed by atoms with Crippen molar-refractivity contribution in [2.24, 2.45) is 0 Å². The molecule has 0 aromatic heterocycles. The van der Waals surface area contributed by atoms with Crippen LogP contribution in [0, 0.1) is 0 Å². The van der Waals surface area contributed by atoms with Gasteiger partial charge in [0, 0.05) is 0 Å². The van der Waals surface area contributed by atoms with Crippen LogP contribution in [0.5, 0.6) is 0 Å². The summed E-state index contributed by atoms with van der Waals surface area (Å²) < 4.78 is 11.7. The molecule has 0 radical (unpaired) electrons. The molecule has 6 heavy (non-hydrogen) atoms. The molecule has 1 aliphatic heterocycles. The fourth-order valence-electron chi connectivity index (χ4n) is 0.307. The second kappa shape index (κ2) is 1.65. The molecule has 0 atom stereocenters. The summed E-state index contributed by atoms with van der Waals surface area (Å²) >= 11 is 0. The van der Waals surface area contributed by atoms with E-state index in [1.54, 1.807) is 6.08 Å². The van der Waals surface area contributed by atoms with Crippen molar-refractivity contribution in [3.63, 3.8) is 0 Å². The van der Waals surface area contributed by atoms with E-state index in [1.165, 1.54) is 6.26 Å². The molecule has 0 aromatic rings. The van der Waals surface area contributed by atoms with Crippen LogP contribution >= 0.6 is 0 Å². The van der Waals surface area contributed by atoms with E-state index < -0.39 is 0 Å². The van der Waals surface area contributed by atoms with Crippen molar-refractivity contribution in [2.75, 3.05) is 6.61 Å². The number of allylic oxidation sites excluding steroid dienone is 2. The van der Waals surface area contributed by atoms with Crippen LogP contribution in [0.3, 0.4) is 0 Å². The molecule has 0 unspecified atom stereocenters. The van der Waals surface area contributed by atoms with E-state index in [9.17, 15) is 0 Å². The Balaban J connectivity index is 2.58. The van der Waals surface area contributed by atoms with Crippen LogP contribution in [0.25, 0.3) is 0 Å². The smallest absolute Gasteiger partial charge is 0.106 e. The molecule has 1 rings (SSSR count). The molecule has 1 nitrogen and oxygen atoms in total. The van der Waals surface area contributed by atoms with Gasteiger partial charge in [-0.15, -0.1) is 0 Å². The third kappa shape index (κ3) is 0.612. The summed E-state index contributed by atoms with van der Waals surface area (Å²) in [5, 5.41) is 0. The van der Waals surface area contributed by atoms with E-state index in [4.69, 9.17) is 6.11 Å². The third-order valence-corrected chi connectivity index (χ3v) is 0.558. The lowest BCUT2D eigenvalue weighted by molar-refractivity contribution is 0.286. The number of hydrogen-bond acceptors (Lipinski definition) is 1. The Labute approximate surface area is 38.3 Å². The first-order valence-corrected chi connectivity index (χ1v) is 1.84. The standard InChI is InChI=1S/C5H6O/c1-2-4-6-5-3-1/h1-4H,5H2/i2D. The van der Waals surface area contributed by atoms with Gasteiger partial charge in [0.1, 0.15) is 6.61 Å². The minimum absolute atomic E-state index is 0.436. The zero-order chi connectivity index (χ0) is 5.11. The molecule has 0 saturated carbocycles. The number of hydrogen-bond donors (Lipinski definition) is 0. The first-order chi connectivity index (χ1) is 3.39. The lowest BCUT2D eigenvalue weighted by Gasteiger charge is -1.94. The maximum absolute atomic E-state index is 6.92. The van der Waals surface area contributed by atoms with Crippen LogP contribution in [-0.2, 0) is 4.74 Å². The van der Waals surface area contributed by atoms with Crippen molar-refractivity contribution in [3.05, 3.63) is 24.5 Å². The molecule has 0 aliphatic carbocycles. The SMILES string of the molecule is [2H]C1=COCC=C1. The van der Waals surface area contributed by atoms with E-state index in [1.807, 2.05) is 6.08 Å². The highest BCUT2D eigenvalue weighted by Gasteiger charge is 1.75. The van der Waals surface area contributed by atoms with Crippen molar-refractivity contribution in [3.8, 4) is 0 Å². The Kier molecular flexibility index (Phi) is 0.675. The molecule has 0 aromatic carbocycles. The Morgan fingerprint density at radius 2 is 2.83 bits per heavy atom. The Bertz CT molecular complexity index is 115. The first kappa shape index (κ1) is 2.45. The zero-order valence-corrected chi connectivity index (χ0v) is 3.35. The topological polar surface area (TPSA) is 9.23 Å². The summed E-state index contributed by atoms with van der Waals surface area (Å²) in [6.07, 6.45) is 4.95. The lowest BCUT2D eigenvalue weighted by atomic mass is 10.5. The average molecular weight is 83.1 g/mol. The van der Waals surface area contributed by atoms with Crippen LogP contribution in [0.1, 0.15) is 1.37 Å². The highest BCUT2D eigenvalue weighted by Crippen LogP contribution is 1.87. The second-order valence-corrected chi connectivity index (χ2v) is 1.02. The fraction of sp³-hybridized carbons (Fsp3) is 0.200. The van der Waals surface area contributed by atoms with E-state index in [0.717, 1.165) is 0 Å². The van der Waals surface area contributed by atoms with E-state index in [0.29, 0.717) is 12.7 Å². The van der Waals surface area contributed by atoms with Crippen LogP contribution in [0.2, 0.25) is 0 Å². The summed E-state index contributed by atoms with van der Waals surface area (Å²) in [4.78, 5) is 0. The molecule has 0 spiro atoms. The molecule has 32 valence electrons. The minimum atomic E-state index is 0.436. The van der Waals surface area contributed by atoms with E-state index in [-0.39, 0.29) is 0 Å². The minimum Gasteiger partial charge on any atom is -0.497 e. The zero-order valence-electron chi connectivity index (χ0n) is 4.35. The highest BCUT2D eigenvalue weighted by atomic mass is 16.5. The van der Waals surface area contributed by atoms with Gasteiger partial charge in [-0.2, -0.15) is 0 Å². The lowest BCUT2D eigenvalue weighted by Crippen LogP contribution is -1.82. The predicted molar refractivity (Wildman–Crippen MR) is 24.2 cm³/mol. The Morgan fingerprint density at radius 3 is 3.17 bits per heavy atom. The molecule has 1 heterocycles. The van der Waals surface area contributed by atoms with Gasteiger partial charge in [-0.05, 0) is 12.1 Å². The number of rotatable bonds is 0. The van der Waals surface area contributed by atoms with Crippen LogP contribution in [0.4, 0.5) is 0 Å². The second-order valence-electron chi connectivity index (χ2n) is 1.02. The van der Waals surface area contributed by atoms with Crippen molar-refractivity contribution >= 4 is 0 Å². The molecular formula is C5H6O. The molecule has 0 fully saturated rings. The molecule has 0 saturated heterocycles. The molecule has 0 amide bonds. The largest absolute Gasteiger partial charge is 0.497 e. The predicted octanol–water partition coefficient (Wildman–Crippen LogP) is 1.09. The molecule has 1 aliphatic rings. The van der Waals surface area contributed by atoms with Gasteiger partial charge in [-0.1, -0.05) is 6.08 Å². The molecule has 0 N–H and O–H groups in total. The summed E-state index contributed by atoms with van der Waals surface area (Å²) in [7, 11) is 0. The van der Waals surface area contributed by atoms with Crippen LogP contribution < -0.4 is 0 Å². The third-order valence-electron chi connectivity index (χ3n) is 0.558. The molecular weight excluding hydrogens is 76.1 g/mol. The van der Waals surface area contributed by atoms with Gasteiger partial charge < -0.3 is 4.74 Å². The summed E-state index contributed by atoms with van der Waals surface area (Å²) in [5.74, 6) is 0. The van der Waals surface area contributed by atoms with Crippen LogP contribution in [0.15, 0.2) is 24.5 Å². The van der Waals surface area contributed by atoms with Crippen molar-refractivity contribution in [1.82, 2.24) is 0 Å². The van der Waals surface area contributed by atoms with Gasteiger partial charge in [0.15, 0.2) is 0 Å². The van der Waals surface area contributed by atoms with Crippen molar-refractivity contribution in [1.29, 1.82) is 0 Å². The highest BCUT2D eigenvalue weighted by molar-refractivity contribution is 5.02. The van der Waals surface area contributed by atoms with Gasteiger partial charge in [0.25, 0.3) is 0 Å². The molecule has 0 bridgehead atoms. The van der Waals surface area contributed by atoms with Gasteiger partial charge in [-0.3, -0.25) is 0 Å². The summed E-state index contributed by atoms with van der Waals surface area (Å²) in [6.45, 7) is 0.613. The normalized spacial score (nSPS) is 21.3. The van der Waals surface area contributed by atoms with Gasteiger partial charge in [-0.25, -0.2) is 0 Å². The first-order valence-electron chi connectivity index (χ1n) is 2.34. The average Bonchev–Trinajstić information content (AvgIpc) is 1.69. The quantitative estimate of drug-likeness (QED) is 0.426. The van der Waals surface area contributed by atoms with E-state index in [2.05, 4.69) is 0 Å². The van der Waals surface area contributed by atoms with Gasteiger partial charge in [0.05, 0.1) is 7.63 Å². The van der Waals surface area contributed by atoms with Gasteiger partial charge in [0.2, 0.25) is 0 Å². The monoisotopic (exact) mass is 83.0 g/mol. The summed E-state index contributed by atoms with van der Waals surface area (Å²) in [6, 6.07) is 0.436. The Hall–Kier alpha value is -0.720. The van der Waals surface area contributed by atoms with E-state index >= 15 is 0 Å². The van der Waals surface area contributed by atoms with Gasteiger partial charge >= 0.3 is 0 Å². The maximum atomic E-state index is 6.92.